The molecule has 6 nitrogen and oxygen atoms in total. The standard InChI is InChI=1S/C21H22ClN3O3/c1-12-6-7-15(22)10-19(12)25-20(13(2)14(3)24-25)23-18-9-8-16(27-4)11-17(18)21(26)28-5/h6-11,23H,1-5H3. The van der Waals surface area contributed by atoms with E-state index in [1.807, 2.05) is 39.0 Å². The zero-order valence-electron chi connectivity index (χ0n) is 16.5. The number of ether oxygens (including phenoxy) is 2. The second-order valence-corrected chi connectivity index (χ2v) is 6.87. The summed E-state index contributed by atoms with van der Waals surface area (Å²) in [6, 6.07) is 10.9. The summed E-state index contributed by atoms with van der Waals surface area (Å²) in [5, 5.41) is 8.63. The van der Waals surface area contributed by atoms with Gasteiger partial charge in [0.25, 0.3) is 0 Å². The Morgan fingerprint density at radius 1 is 1.11 bits per heavy atom. The van der Waals surface area contributed by atoms with Crippen molar-refractivity contribution in [1.29, 1.82) is 0 Å². The molecule has 2 aromatic carbocycles. The van der Waals surface area contributed by atoms with Crippen molar-refractivity contribution in [1.82, 2.24) is 9.78 Å². The fraction of sp³-hybridized carbons (Fsp3) is 0.238. The molecule has 0 bridgehead atoms. The van der Waals surface area contributed by atoms with Crippen LogP contribution < -0.4 is 10.1 Å². The summed E-state index contributed by atoms with van der Waals surface area (Å²) in [4.78, 5) is 12.3. The lowest BCUT2D eigenvalue weighted by Gasteiger charge is -2.16. The van der Waals surface area contributed by atoms with Gasteiger partial charge in [0, 0.05) is 10.6 Å². The van der Waals surface area contributed by atoms with Crippen molar-refractivity contribution in [3.05, 3.63) is 63.8 Å². The first-order chi connectivity index (χ1) is 13.3. The van der Waals surface area contributed by atoms with Crippen LogP contribution in [0.1, 0.15) is 27.2 Å². The summed E-state index contributed by atoms with van der Waals surface area (Å²) >= 11 is 6.21. The Morgan fingerprint density at radius 3 is 2.54 bits per heavy atom. The second-order valence-electron chi connectivity index (χ2n) is 6.43. The van der Waals surface area contributed by atoms with E-state index in [4.69, 9.17) is 21.1 Å². The third kappa shape index (κ3) is 3.68. The van der Waals surface area contributed by atoms with Crippen LogP contribution in [0.5, 0.6) is 5.75 Å². The van der Waals surface area contributed by atoms with Gasteiger partial charge in [-0.05, 0) is 56.7 Å². The summed E-state index contributed by atoms with van der Waals surface area (Å²) in [5.41, 5.74) is 4.68. The van der Waals surface area contributed by atoms with Gasteiger partial charge in [-0.2, -0.15) is 5.10 Å². The van der Waals surface area contributed by atoms with Gasteiger partial charge in [0.1, 0.15) is 11.6 Å². The SMILES string of the molecule is COC(=O)c1cc(OC)ccc1Nc1c(C)c(C)nn1-c1cc(Cl)ccc1C. The molecule has 0 aliphatic rings. The van der Waals surface area contributed by atoms with Gasteiger partial charge in [-0.25, -0.2) is 9.48 Å². The van der Waals surface area contributed by atoms with Crippen LogP contribution in [0.4, 0.5) is 11.5 Å². The molecule has 0 amide bonds. The van der Waals surface area contributed by atoms with Crippen molar-refractivity contribution < 1.29 is 14.3 Å². The molecule has 0 aliphatic heterocycles. The molecule has 1 heterocycles. The number of hydrogen-bond acceptors (Lipinski definition) is 5. The number of nitrogens with one attached hydrogen (secondary N) is 1. The number of anilines is 2. The Labute approximate surface area is 169 Å². The number of halogens is 1. The lowest BCUT2D eigenvalue weighted by atomic mass is 10.1. The van der Waals surface area contributed by atoms with Gasteiger partial charge < -0.3 is 14.8 Å². The highest BCUT2D eigenvalue weighted by Gasteiger charge is 2.19. The molecule has 0 aliphatic carbocycles. The van der Waals surface area contributed by atoms with E-state index >= 15 is 0 Å². The van der Waals surface area contributed by atoms with Crippen LogP contribution in [0, 0.1) is 20.8 Å². The molecule has 3 aromatic rings. The van der Waals surface area contributed by atoms with E-state index in [-0.39, 0.29) is 0 Å². The molecular weight excluding hydrogens is 378 g/mol. The number of benzene rings is 2. The molecule has 1 aromatic heterocycles. The average Bonchev–Trinajstić information content (AvgIpc) is 2.97. The minimum Gasteiger partial charge on any atom is -0.497 e. The number of hydrogen-bond donors (Lipinski definition) is 1. The number of esters is 1. The smallest absolute Gasteiger partial charge is 0.340 e. The molecule has 0 fully saturated rings. The molecule has 3 rings (SSSR count). The van der Waals surface area contributed by atoms with E-state index in [1.165, 1.54) is 7.11 Å². The Hall–Kier alpha value is -2.99. The molecule has 28 heavy (non-hydrogen) atoms. The zero-order chi connectivity index (χ0) is 20.4. The molecule has 0 unspecified atom stereocenters. The van der Waals surface area contributed by atoms with Crippen LogP contribution in [0.15, 0.2) is 36.4 Å². The van der Waals surface area contributed by atoms with Crippen LogP contribution in [0.25, 0.3) is 5.69 Å². The summed E-state index contributed by atoms with van der Waals surface area (Å²) in [6.45, 7) is 5.91. The maximum Gasteiger partial charge on any atom is 0.340 e. The van der Waals surface area contributed by atoms with Crippen molar-refractivity contribution >= 4 is 29.1 Å². The topological polar surface area (TPSA) is 65.4 Å². The summed E-state index contributed by atoms with van der Waals surface area (Å²) in [5.74, 6) is 0.858. The van der Waals surface area contributed by atoms with Gasteiger partial charge in [-0.1, -0.05) is 17.7 Å². The lowest BCUT2D eigenvalue weighted by Crippen LogP contribution is -2.09. The summed E-state index contributed by atoms with van der Waals surface area (Å²) in [6.07, 6.45) is 0. The highest BCUT2D eigenvalue weighted by Crippen LogP contribution is 2.31. The Balaban J connectivity index is 2.14. The monoisotopic (exact) mass is 399 g/mol. The largest absolute Gasteiger partial charge is 0.497 e. The number of nitrogens with zero attached hydrogens (tertiary/aromatic N) is 2. The number of aryl methyl sites for hydroxylation is 2. The van der Waals surface area contributed by atoms with Crippen LogP contribution >= 0.6 is 11.6 Å². The fourth-order valence-electron chi connectivity index (χ4n) is 2.90. The maximum absolute atomic E-state index is 12.3. The summed E-state index contributed by atoms with van der Waals surface area (Å²) in [7, 11) is 2.90. The number of methoxy groups -OCH3 is 2. The van der Waals surface area contributed by atoms with Crippen LogP contribution in [-0.2, 0) is 4.74 Å². The average molecular weight is 400 g/mol. The van der Waals surface area contributed by atoms with Gasteiger partial charge in [0.2, 0.25) is 0 Å². The van der Waals surface area contributed by atoms with E-state index < -0.39 is 5.97 Å². The molecule has 7 heteroatoms. The Morgan fingerprint density at radius 2 is 1.86 bits per heavy atom. The molecule has 0 atom stereocenters. The molecular formula is C21H22ClN3O3. The first-order valence-electron chi connectivity index (χ1n) is 8.71. The predicted octanol–water partition coefficient (Wildman–Crippen LogP) is 4.99. The quantitative estimate of drug-likeness (QED) is 0.612. The summed E-state index contributed by atoms with van der Waals surface area (Å²) < 4.78 is 12.0. The first-order valence-corrected chi connectivity index (χ1v) is 9.09. The second kappa shape index (κ2) is 7.94. The van der Waals surface area contributed by atoms with Gasteiger partial charge in [-0.3, -0.25) is 0 Å². The Bertz CT molecular complexity index is 1040. The van der Waals surface area contributed by atoms with E-state index in [9.17, 15) is 4.79 Å². The van der Waals surface area contributed by atoms with Crippen molar-refractivity contribution in [2.45, 2.75) is 20.8 Å². The number of carbonyl (C=O) groups excluding carboxylic acids is 1. The van der Waals surface area contributed by atoms with Crippen molar-refractivity contribution in [3.63, 3.8) is 0 Å². The van der Waals surface area contributed by atoms with Gasteiger partial charge in [0.15, 0.2) is 0 Å². The van der Waals surface area contributed by atoms with E-state index in [0.29, 0.717) is 22.0 Å². The third-order valence-corrected chi connectivity index (χ3v) is 4.88. The van der Waals surface area contributed by atoms with Gasteiger partial charge in [0.05, 0.1) is 36.9 Å². The third-order valence-electron chi connectivity index (χ3n) is 4.64. The van der Waals surface area contributed by atoms with E-state index in [1.54, 1.807) is 30.0 Å². The highest BCUT2D eigenvalue weighted by atomic mass is 35.5. The molecule has 146 valence electrons. The van der Waals surface area contributed by atoms with E-state index in [2.05, 4.69) is 10.4 Å². The van der Waals surface area contributed by atoms with Crippen molar-refractivity contribution in [2.24, 2.45) is 0 Å². The fourth-order valence-corrected chi connectivity index (χ4v) is 3.07. The van der Waals surface area contributed by atoms with Crippen LogP contribution in [0.2, 0.25) is 5.02 Å². The maximum atomic E-state index is 12.3. The van der Waals surface area contributed by atoms with Crippen LogP contribution in [-0.4, -0.2) is 30.0 Å². The number of carbonyl (C=O) groups is 1. The number of aromatic nitrogens is 2. The minimum absolute atomic E-state index is 0.370. The van der Waals surface area contributed by atoms with E-state index in [0.717, 1.165) is 28.3 Å². The zero-order valence-corrected chi connectivity index (χ0v) is 17.2. The van der Waals surface area contributed by atoms with Gasteiger partial charge >= 0.3 is 5.97 Å². The van der Waals surface area contributed by atoms with Gasteiger partial charge in [-0.15, -0.1) is 0 Å². The highest BCUT2D eigenvalue weighted by molar-refractivity contribution is 6.30. The van der Waals surface area contributed by atoms with Crippen LogP contribution in [0.3, 0.4) is 0 Å². The molecule has 0 saturated heterocycles. The molecule has 1 N–H and O–H groups in total. The number of rotatable bonds is 5. The van der Waals surface area contributed by atoms with Crippen molar-refractivity contribution in [2.75, 3.05) is 19.5 Å². The molecule has 0 spiro atoms. The minimum atomic E-state index is -0.458. The molecule has 0 radical (unpaired) electrons. The lowest BCUT2D eigenvalue weighted by molar-refractivity contribution is 0.0601. The Kier molecular flexibility index (Phi) is 5.61. The predicted molar refractivity (Wildman–Crippen MR) is 110 cm³/mol. The van der Waals surface area contributed by atoms with Crippen molar-refractivity contribution in [3.8, 4) is 11.4 Å². The normalized spacial score (nSPS) is 10.6. The molecule has 0 saturated carbocycles. The first kappa shape index (κ1) is 19.8.